The zero-order chi connectivity index (χ0) is 32.7. The number of hydrogen-bond acceptors (Lipinski definition) is 7. The number of ether oxygens (including phenoxy) is 2. The average Bonchev–Trinajstić information content (AvgIpc) is 3.72. The highest BCUT2D eigenvalue weighted by Gasteiger charge is 2.51. The molecule has 1 aromatic heterocycles. The van der Waals surface area contributed by atoms with Gasteiger partial charge < -0.3 is 14.4 Å². The van der Waals surface area contributed by atoms with Crippen LogP contribution in [0.3, 0.4) is 0 Å². The summed E-state index contributed by atoms with van der Waals surface area (Å²) in [6, 6.07) is 5.33. The second kappa shape index (κ2) is 13.2. The minimum atomic E-state index is -0.572. The average molecular weight is 632 g/mol. The molecular weight excluding hydrogens is 578 g/mol. The van der Waals surface area contributed by atoms with E-state index < -0.39 is 17.4 Å². The minimum absolute atomic E-state index is 0.00144. The van der Waals surface area contributed by atoms with Gasteiger partial charge in [-0.15, -0.1) is 0 Å². The van der Waals surface area contributed by atoms with E-state index in [2.05, 4.69) is 6.92 Å². The smallest absolute Gasteiger partial charge is 0.306 e. The maximum atomic E-state index is 14.5. The van der Waals surface area contributed by atoms with Crippen LogP contribution in [0.1, 0.15) is 104 Å². The quantitative estimate of drug-likeness (QED) is 0.346. The minimum Gasteiger partial charge on any atom is -0.497 e. The number of methoxy groups -OCH3 is 1. The molecule has 8 nitrogen and oxygen atoms in total. The van der Waals surface area contributed by atoms with Gasteiger partial charge in [-0.3, -0.25) is 14.4 Å². The first-order chi connectivity index (χ1) is 22.0. The molecule has 1 amide bonds. The highest BCUT2D eigenvalue weighted by Crippen LogP contribution is 2.52. The van der Waals surface area contributed by atoms with E-state index in [-0.39, 0.29) is 42.0 Å². The Bertz CT molecular complexity index is 1470. The molecule has 250 valence electrons. The molecule has 1 saturated heterocycles. The van der Waals surface area contributed by atoms with Crippen LogP contribution in [0.25, 0.3) is 11.0 Å². The van der Waals surface area contributed by atoms with E-state index in [0.717, 1.165) is 79.5 Å². The van der Waals surface area contributed by atoms with E-state index >= 15 is 0 Å². The van der Waals surface area contributed by atoms with E-state index in [4.69, 9.17) is 19.4 Å². The van der Waals surface area contributed by atoms with Crippen molar-refractivity contribution in [1.82, 2.24) is 14.9 Å². The molecule has 0 unspecified atom stereocenters. The molecule has 4 aliphatic rings. The summed E-state index contributed by atoms with van der Waals surface area (Å²) in [6.45, 7) is 10.2. The summed E-state index contributed by atoms with van der Waals surface area (Å²) in [5, 5.41) is 0. The Labute approximate surface area is 274 Å². The van der Waals surface area contributed by atoms with E-state index in [9.17, 15) is 14.4 Å². The molecule has 2 aromatic rings. The molecule has 4 bridgehead atoms. The molecule has 8 atom stereocenters. The number of ketones is 1. The van der Waals surface area contributed by atoms with Crippen LogP contribution in [0.4, 0.5) is 0 Å². The van der Waals surface area contributed by atoms with Crippen molar-refractivity contribution in [2.45, 2.75) is 117 Å². The number of esters is 1. The molecule has 3 fully saturated rings. The van der Waals surface area contributed by atoms with Crippen LogP contribution in [0.2, 0.25) is 0 Å². The largest absolute Gasteiger partial charge is 0.497 e. The molecule has 6 rings (SSSR count). The number of carbonyl (C=O) groups is 3. The number of rotatable bonds is 3. The topological polar surface area (TPSA) is 98.7 Å². The summed E-state index contributed by atoms with van der Waals surface area (Å²) in [6.07, 6.45) is 10.1. The predicted molar refractivity (Wildman–Crippen MR) is 177 cm³/mol. The normalized spacial score (nSPS) is 32.4. The van der Waals surface area contributed by atoms with Gasteiger partial charge in [0.25, 0.3) is 0 Å². The van der Waals surface area contributed by atoms with E-state index in [1.165, 1.54) is 6.42 Å². The highest BCUT2D eigenvalue weighted by atomic mass is 16.5. The van der Waals surface area contributed by atoms with Crippen molar-refractivity contribution < 1.29 is 23.9 Å². The van der Waals surface area contributed by atoms with Crippen LogP contribution in [0.5, 0.6) is 5.75 Å². The Morgan fingerprint density at radius 3 is 2.46 bits per heavy atom. The van der Waals surface area contributed by atoms with Crippen LogP contribution >= 0.6 is 0 Å². The lowest BCUT2D eigenvalue weighted by molar-refractivity contribution is -0.161. The van der Waals surface area contributed by atoms with E-state index in [1.807, 2.05) is 43.9 Å². The van der Waals surface area contributed by atoms with Crippen LogP contribution in [0.15, 0.2) is 18.2 Å². The Morgan fingerprint density at radius 1 is 0.978 bits per heavy atom. The van der Waals surface area contributed by atoms with Crippen molar-refractivity contribution in [3.8, 4) is 5.75 Å². The molecule has 8 heteroatoms. The predicted octanol–water partition coefficient (Wildman–Crippen LogP) is 6.75. The maximum Gasteiger partial charge on any atom is 0.306 e. The fraction of sp³-hybridized carbons (Fsp3) is 0.711. The Morgan fingerprint density at radius 2 is 1.74 bits per heavy atom. The summed E-state index contributed by atoms with van der Waals surface area (Å²) in [5.41, 5.74) is 3.18. The van der Waals surface area contributed by atoms with Crippen molar-refractivity contribution in [1.29, 1.82) is 0 Å². The van der Waals surface area contributed by atoms with Crippen molar-refractivity contribution in [3.63, 3.8) is 0 Å². The Kier molecular flexibility index (Phi) is 9.46. The first kappa shape index (κ1) is 32.9. The third-order valence-corrected chi connectivity index (χ3v) is 11.9. The number of nitrogens with zero attached hydrogens (tertiary/aromatic N) is 3. The van der Waals surface area contributed by atoms with Gasteiger partial charge in [-0.25, -0.2) is 9.97 Å². The number of carbonyl (C=O) groups excluding carboxylic acids is 3. The van der Waals surface area contributed by atoms with Gasteiger partial charge in [0.1, 0.15) is 11.9 Å². The van der Waals surface area contributed by atoms with Crippen LogP contribution in [-0.4, -0.2) is 58.3 Å². The number of Topliss-reactive ketones (excluding diaryl/α,β-unsaturated/α-hetero) is 1. The summed E-state index contributed by atoms with van der Waals surface area (Å²) in [7, 11) is 1.66. The summed E-state index contributed by atoms with van der Waals surface area (Å²) in [5.74, 6) is 1.34. The van der Waals surface area contributed by atoms with Crippen molar-refractivity contribution >= 4 is 28.7 Å². The Hall–Kier alpha value is -3.03. The van der Waals surface area contributed by atoms with Crippen molar-refractivity contribution in [3.05, 3.63) is 29.6 Å². The number of benzene rings is 1. The zero-order valence-electron chi connectivity index (χ0n) is 28.7. The summed E-state index contributed by atoms with van der Waals surface area (Å²) >= 11 is 0. The second-order valence-corrected chi connectivity index (χ2v) is 15.7. The zero-order valence-corrected chi connectivity index (χ0v) is 28.7. The van der Waals surface area contributed by atoms with Crippen LogP contribution in [0, 0.1) is 40.9 Å². The molecule has 2 aliphatic carbocycles. The molecule has 0 spiro atoms. The van der Waals surface area contributed by atoms with Gasteiger partial charge in [0, 0.05) is 12.6 Å². The number of hydrogen-bond donors (Lipinski definition) is 0. The first-order valence-corrected chi connectivity index (χ1v) is 17.8. The molecule has 1 aromatic carbocycles. The number of aryl methyl sites for hydroxylation is 1. The van der Waals surface area contributed by atoms with Gasteiger partial charge in [0.15, 0.2) is 5.78 Å². The lowest BCUT2D eigenvalue weighted by atomic mass is 9.77. The molecular formula is C38H53N3O5. The molecule has 2 aliphatic heterocycles. The molecule has 0 N–H and O–H groups in total. The van der Waals surface area contributed by atoms with Gasteiger partial charge in [-0.2, -0.15) is 0 Å². The highest BCUT2D eigenvalue weighted by molar-refractivity contribution is 5.91. The Balaban J connectivity index is 1.38. The number of amides is 1. The lowest BCUT2D eigenvalue weighted by Gasteiger charge is -2.36. The fourth-order valence-corrected chi connectivity index (χ4v) is 9.48. The fourth-order valence-electron chi connectivity index (χ4n) is 9.48. The van der Waals surface area contributed by atoms with Gasteiger partial charge in [0.2, 0.25) is 5.91 Å². The van der Waals surface area contributed by atoms with Crippen molar-refractivity contribution in [2.24, 2.45) is 40.9 Å². The van der Waals surface area contributed by atoms with E-state index in [1.54, 1.807) is 14.0 Å². The number of fused-ring (bicyclic) bond motifs is 9. The second-order valence-electron chi connectivity index (χ2n) is 15.7. The van der Waals surface area contributed by atoms with Gasteiger partial charge in [-0.05, 0) is 99.0 Å². The van der Waals surface area contributed by atoms with Crippen molar-refractivity contribution in [2.75, 3.05) is 13.7 Å². The molecule has 0 radical (unpaired) electrons. The molecule has 3 heterocycles. The van der Waals surface area contributed by atoms with Gasteiger partial charge in [-0.1, -0.05) is 47.0 Å². The third-order valence-electron chi connectivity index (χ3n) is 11.9. The van der Waals surface area contributed by atoms with Gasteiger partial charge >= 0.3 is 5.97 Å². The van der Waals surface area contributed by atoms with E-state index in [0.29, 0.717) is 30.7 Å². The van der Waals surface area contributed by atoms with Crippen LogP contribution < -0.4 is 4.74 Å². The maximum absolute atomic E-state index is 14.5. The van der Waals surface area contributed by atoms with Gasteiger partial charge in [0.05, 0.1) is 47.9 Å². The monoisotopic (exact) mass is 631 g/mol. The van der Waals surface area contributed by atoms with Crippen LogP contribution in [-0.2, 0) is 32.0 Å². The third kappa shape index (κ3) is 6.42. The summed E-state index contributed by atoms with van der Waals surface area (Å²) < 4.78 is 11.8. The molecule has 2 saturated carbocycles. The standard InChI is InChI=1S/C38H53N3O5/c1-7-27-25-18-32-30(39-31-16-15-26(45-6)19-33(31)40-32)12-10-8-9-11-28-23-13-14-24(17-23)36(28)46-34(43)20-29(38(3,4)5)37(44)41(21-25)35(27)22(2)42/h15-16,19,23-25,27-29,35-36H,7-14,17-18,20-21H2,1-6H3/t23-,24+,25+,27-,28-,29-,35-,36-/m1/s1. The molecule has 46 heavy (non-hydrogen) atoms. The summed E-state index contributed by atoms with van der Waals surface area (Å²) in [4.78, 5) is 53.6. The number of aromatic nitrogens is 2. The first-order valence-electron chi connectivity index (χ1n) is 17.8. The lowest BCUT2D eigenvalue weighted by Crippen LogP contribution is -2.48. The SMILES string of the molecule is CC[C@@H]1[C@H]2Cc3nc4cc(OC)ccc4nc3CCCCC[C@@H]3[C@@H]4CC[C@@H](C4)[C@H]3OC(=O)C[C@@H](C(C)(C)C)C(=O)N(C2)[C@@H]1C(C)=O.